The van der Waals surface area contributed by atoms with E-state index in [4.69, 9.17) is 5.73 Å². The van der Waals surface area contributed by atoms with Crippen LogP contribution >= 0.6 is 24.8 Å². The van der Waals surface area contributed by atoms with Crippen LogP contribution in [0.1, 0.15) is 61.3 Å². The first-order chi connectivity index (χ1) is 11.7. The van der Waals surface area contributed by atoms with Gasteiger partial charge in [-0.25, -0.2) is 9.97 Å². The van der Waals surface area contributed by atoms with E-state index >= 15 is 0 Å². The van der Waals surface area contributed by atoms with Gasteiger partial charge in [0.1, 0.15) is 5.52 Å². The molecule has 1 saturated heterocycles. The quantitative estimate of drug-likeness (QED) is 0.839. The molecule has 0 aromatic carbocycles. The van der Waals surface area contributed by atoms with E-state index in [0.29, 0.717) is 18.2 Å². The summed E-state index contributed by atoms with van der Waals surface area (Å²) >= 11 is 0. The molecule has 1 amide bonds. The SMILES string of the molecule is Cl.Cl.NC1CCCCN(C(=O)c2cnc3c(c2)ncn3C2CCCC2)C1. The van der Waals surface area contributed by atoms with Gasteiger partial charge in [-0.3, -0.25) is 4.79 Å². The van der Waals surface area contributed by atoms with Crippen LogP contribution in [-0.2, 0) is 0 Å². The number of fused-ring (bicyclic) bond motifs is 1. The number of hydrogen-bond acceptors (Lipinski definition) is 4. The fourth-order valence-corrected chi connectivity index (χ4v) is 4.03. The Morgan fingerprint density at radius 1 is 1.08 bits per heavy atom. The summed E-state index contributed by atoms with van der Waals surface area (Å²) in [7, 11) is 0. The molecule has 8 heteroatoms. The molecule has 2 fully saturated rings. The number of imidazole rings is 1. The molecule has 1 saturated carbocycles. The topological polar surface area (TPSA) is 77.0 Å². The van der Waals surface area contributed by atoms with Crippen molar-refractivity contribution in [1.82, 2.24) is 19.4 Å². The normalized spacial score (nSPS) is 21.1. The third kappa shape index (κ3) is 4.13. The third-order valence-corrected chi connectivity index (χ3v) is 5.37. The van der Waals surface area contributed by atoms with Crippen molar-refractivity contribution < 1.29 is 4.79 Å². The van der Waals surface area contributed by atoms with Crippen LogP contribution in [0.4, 0.5) is 0 Å². The van der Waals surface area contributed by atoms with Gasteiger partial charge in [0.2, 0.25) is 0 Å². The molecule has 2 aromatic rings. The van der Waals surface area contributed by atoms with Crippen molar-refractivity contribution in [3.8, 4) is 0 Å². The van der Waals surface area contributed by atoms with Gasteiger partial charge in [0.15, 0.2) is 5.65 Å². The van der Waals surface area contributed by atoms with Gasteiger partial charge in [-0.05, 0) is 31.7 Å². The number of amides is 1. The Kier molecular flexibility index (Phi) is 7.26. The summed E-state index contributed by atoms with van der Waals surface area (Å²) in [4.78, 5) is 23.7. The second-order valence-electron chi connectivity index (χ2n) is 7.16. The predicted octanol–water partition coefficient (Wildman–Crippen LogP) is 3.34. The molecule has 0 bridgehead atoms. The number of pyridine rings is 1. The van der Waals surface area contributed by atoms with Crippen LogP contribution in [-0.4, -0.2) is 44.5 Å². The van der Waals surface area contributed by atoms with E-state index in [0.717, 1.165) is 37.0 Å². The maximum Gasteiger partial charge on any atom is 0.255 e. The number of carbonyl (C=O) groups excluding carboxylic acids is 1. The van der Waals surface area contributed by atoms with Crippen LogP contribution in [0.5, 0.6) is 0 Å². The molecule has 4 rings (SSSR count). The Balaban J connectivity index is 0.00000121. The van der Waals surface area contributed by atoms with Gasteiger partial charge in [-0.1, -0.05) is 19.3 Å². The van der Waals surface area contributed by atoms with Crippen molar-refractivity contribution in [3.05, 3.63) is 24.2 Å². The summed E-state index contributed by atoms with van der Waals surface area (Å²) in [5.74, 6) is 0.0252. The Hall–Kier alpha value is -1.37. The van der Waals surface area contributed by atoms with Gasteiger partial charge in [0.25, 0.3) is 5.91 Å². The minimum absolute atomic E-state index is 0. The Morgan fingerprint density at radius 2 is 1.81 bits per heavy atom. The number of rotatable bonds is 2. The van der Waals surface area contributed by atoms with E-state index in [9.17, 15) is 4.79 Å². The molecule has 3 heterocycles. The Morgan fingerprint density at radius 3 is 2.58 bits per heavy atom. The number of halogens is 2. The van der Waals surface area contributed by atoms with E-state index in [-0.39, 0.29) is 36.8 Å². The summed E-state index contributed by atoms with van der Waals surface area (Å²) in [6, 6.07) is 2.47. The van der Waals surface area contributed by atoms with Crippen LogP contribution in [0.25, 0.3) is 11.2 Å². The first-order valence-electron chi connectivity index (χ1n) is 9.10. The zero-order valence-electron chi connectivity index (χ0n) is 14.8. The average Bonchev–Trinajstić information content (AvgIpc) is 3.20. The maximum absolute atomic E-state index is 12.8. The highest BCUT2D eigenvalue weighted by atomic mass is 35.5. The standard InChI is InChI=1S/C18H25N5O.2ClH/c19-14-5-3-4-8-22(11-14)18(24)13-9-16-17(20-10-13)23(12-21-16)15-6-1-2-7-15;;/h9-10,12,14-15H,1-8,11,19H2;2*1H. The first-order valence-corrected chi connectivity index (χ1v) is 9.10. The Bertz CT molecular complexity index is 744. The van der Waals surface area contributed by atoms with E-state index in [1.807, 2.05) is 17.3 Å². The molecule has 1 atom stereocenters. The monoisotopic (exact) mass is 399 g/mol. The zero-order valence-corrected chi connectivity index (χ0v) is 16.5. The van der Waals surface area contributed by atoms with Gasteiger partial charge in [-0.15, -0.1) is 24.8 Å². The molecule has 0 radical (unpaired) electrons. The number of nitrogens with zero attached hydrogens (tertiary/aromatic N) is 4. The van der Waals surface area contributed by atoms with Crippen LogP contribution < -0.4 is 5.73 Å². The highest BCUT2D eigenvalue weighted by Gasteiger charge is 2.23. The van der Waals surface area contributed by atoms with Crippen LogP contribution in [0.3, 0.4) is 0 Å². The highest BCUT2D eigenvalue weighted by Crippen LogP contribution is 2.31. The smallest absolute Gasteiger partial charge is 0.255 e. The minimum Gasteiger partial charge on any atom is -0.337 e. The molecule has 1 aliphatic heterocycles. The van der Waals surface area contributed by atoms with Gasteiger partial charge < -0.3 is 15.2 Å². The summed E-state index contributed by atoms with van der Waals surface area (Å²) in [5.41, 5.74) is 8.40. The van der Waals surface area contributed by atoms with Gasteiger partial charge in [-0.2, -0.15) is 0 Å². The average molecular weight is 400 g/mol. The first kappa shape index (κ1) is 20.9. The summed E-state index contributed by atoms with van der Waals surface area (Å²) in [5, 5.41) is 0. The molecule has 2 aromatic heterocycles. The second-order valence-corrected chi connectivity index (χ2v) is 7.16. The Labute approximate surface area is 166 Å². The second kappa shape index (κ2) is 9.02. The maximum atomic E-state index is 12.8. The molecular weight excluding hydrogens is 373 g/mol. The molecule has 1 unspecified atom stereocenters. The summed E-state index contributed by atoms with van der Waals surface area (Å²) < 4.78 is 2.18. The molecule has 6 nitrogen and oxygen atoms in total. The van der Waals surface area contributed by atoms with Crippen LogP contribution in [0.2, 0.25) is 0 Å². The summed E-state index contributed by atoms with van der Waals surface area (Å²) in [6.45, 7) is 1.41. The highest BCUT2D eigenvalue weighted by molar-refractivity contribution is 5.96. The number of hydrogen-bond donors (Lipinski definition) is 1. The van der Waals surface area contributed by atoms with Crippen molar-refractivity contribution in [2.24, 2.45) is 5.73 Å². The summed E-state index contributed by atoms with van der Waals surface area (Å²) in [6.07, 6.45) is 11.6. The minimum atomic E-state index is 0. The van der Waals surface area contributed by atoms with Gasteiger partial charge in [0.05, 0.1) is 11.9 Å². The number of nitrogens with two attached hydrogens (primary N) is 1. The van der Waals surface area contributed by atoms with Crippen molar-refractivity contribution in [2.75, 3.05) is 13.1 Å². The molecule has 2 N–H and O–H groups in total. The van der Waals surface area contributed by atoms with E-state index < -0.39 is 0 Å². The van der Waals surface area contributed by atoms with E-state index in [1.54, 1.807) is 6.20 Å². The molecule has 26 heavy (non-hydrogen) atoms. The largest absolute Gasteiger partial charge is 0.337 e. The van der Waals surface area contributed by atoms with Crippen molar-refractivity contribution in [1.29, 1.82) is 0 Å². The van der Waals surface area contributed by atoms with Crippen molar-refractivity contribution >= 4 is 41.9 Å². The fraction of sp³-hybridized carbons (Fsp3) is 0.611. The lowest BCUT2D eigenvalue weighted by molar-refractivity contribution is 0.0755. The lowest BCUT2D eigenvalue weighted by atomic mass is 10.1. The predicted molar refractivity (Wildman–Crippen MR) is 107 cm³/mol. The molecule has 2 aliphatic rings. The third-order valence-electron chi connectivity index (χ3n) is 5.37. The number of carbonyl (C=O) groups is 1. The molecule has 144 valence electrons. The lowest BCUT2D eigenvalue weighted by Gasteiger charge is -2.22. The van der Waals surface area contributed by atoms with Gasteiger partial charge >= 0.3 is 0 Å². The lowest BCUT2D eigenvalue weighted by Crippen LogP contribution is -2.39. The zero-order chi connectivity index (χ0) is 16.5. The fourth-order valence-electron chi connectivity index (χ4n) is 4.03. The molecule has 0 spiro atoms. The van der Waals surface area contributed by atoms with Crippen LogP contribution in [0.15, 0.2) is 18.6 Å². The van der Waals surface area contributed by atoms with Gasteiger partial charge in [0, 0.05) is 31.4 Å². The van der Waals surface area contributed by atoms with E-state index in [1.165, 1.54) is 25.7 Å². The number of likely N-dealkylation sites (tertiary alicyclic amines) is 1. The molecular formula is C18H27Cl2N5O. The van der Waals surface area contributed by atoms with Crippen LogP contribution in [0, 0.1) is 0 Å². The van der Waals surface area contributed by atoms with E-state index in [2.05, 4.69) is 14.5 Å². The van der Waals surface area contributed by atoms with Crippen molar-refractivity contribution in [3.63, 3.8) is 0 Å². The molecule has 1 aliphatic carbocycles. The van der Waals surface area contributed by atoms with Crippen molar-refractivity contribution in [2.45, 2.75) is 57.0 Å². The number of aromatic nitrogens is 3.